The molecule has 36 heavy (non-hydrogen) atoms. The molecular weight excluding hydrogens is 468 g/mol. The van der Waals surface area contributed by atoms with Crippen LogP contribution < -0.4 is 15.0 Å². The lowest BCUT2D eigenvalue weighted by Crippen LogP contribution is -2.29. The van der Waals surface area contributed by atoms with Crippen molar-refractivity contribution in [1.82, 2.24) is 14.9 Å². The third kappa shape index (κ3) is 4.72. The van der Waals surface area contributed by atoms with Crippen LogP contribution in [0.3, 0.4) is 0 Å². The highest BCUT2D eigenvalue weighted by atomic mass is 32.1. The number of nitrogens with one attached hydrogen (secondary N) is 1. The Labute approximate surface area is 217 Å². The minimum Gasteiger partial charge on any atom is -0.457 e. The van der Waals surface area contributed by atoms with Gasteiger partial charge in [-0.15, -0.1) is 0 Å². The van der Waals surface area contributed by atoms with Crippen LogP contribution in [0.2, 0.25) is 0 Å². The van der Waals surface area contributed by atoms with E-state index in [1.807, 2.05) is 60.8 Å². The number of aromatic nitrogens is 2. The fourth-order valence-corrected chi connectivity index (χ4v) is 5.25. The van der Waals surface area contributed by atoms with Crippen molar-refractivity contribution >= 4 is 23.0 Å². The van der Waals surface area contributed by atoms with Crippen LogP contribution in [-0.4, -0.2) is 28.4 Å². The van der Waals surface area contributed by atoms with Crippen LogP contribution in [0.1, 0.15) is 34.7 Å². The first-order chi connectivity index (χ1) is 17.6. The summed E-state index contributed by atoms with van der Waals surface area (Å²) in [7, 11) is 1.73. The number of ether oxygens (including phenoxy) is 2. The molecule has 2 atom stereocenters. The molecule has 1 aliphatic heterocycles. The maximum absolute atomic E-state index is 6.01. The Hall–Kier alpha value is -3.68. The van der Waals surface area contributed by atoms with Gasteiger partial charge in [0.15, 0.2) is 5.11 Å². The lowest BCUT2D eigenvalue weighted by atomic mass is 9.96. The van der Waals surface area contributed by atoms with Gasteiger partial charge < -0.3 is 24.3 Å². The quantitative estimate of drug-likeness (QED) is 0.296. The number of thiocarbonyl (C=S) groups is 1. The molecule has 0 radical (unpaired) electrons. The predicted octanol–water partition coefficient (Wildman–Crippen LogP) is 6.12. The fourth-order valence-electron chi connectivity index (χ4n) is 4.90. The molecule has 5 rings (SSSR count). The standard InChI is InChI=1S/C29H30N4O2S/c1-20-19-25(21(2)32(20)17-18-34-3)28-27(26-11-7-8-16-30-26)31-29(36)33(28)22-12-14-24(15-13-22)35-23-9-5-4-6-10-23/h4-16,19,27-28H,17-18H2,1-3H3,(H,31,36)/t27-,28+/m1/s1. The molecule has 7 heteroatoms. The molecule has 0 saturated carbocycles. The van der Waals surface area contributed by atoms with E-state index in [0.29, 0.717) is 11.7 Å². The van der Waals surface area contributed by atoms with Gasteiger partial charge in [-0.25, -0.2) is 0 Å². The van der Waals surface area contributed by atoms with E-state index in [2.05, 4.69) is 57.9 Å². The number of benzene rings is 2. The van der Waals surface area contributed by atoms with Gasteiger partial charge in [0.2, 0.25) is 0 Å². The Balaban J connectivity index is 1.53. The van der Waals surface area contributed by atoms with Crippen molar-refractivity contribution in [1.29, 1.82) is 0 Å². The topological polar surface area (TPSA) is 51.5 Å². The van der Waals surface area contributed by atoms with Crippen LogP contribution in [0.15, 0.2) is 85.1 Å². The minimum absolute atomic E-state index is 0.0595. The Morgan fingerprint density at radius 1 is 0.944 bits per heavy atom. The lowest BCUT2D eigenvalue weighted by molar-refractivity contribution is 0.186. The molecule has 0 aliphatic carbocycles. The number of nitrogens with zero attached hydrogens (tertiary/aromatic N) is 3. The largest absolute Gasteiger partial charge is 0.457 e. The summed E-state index contributed by atoms with van der Waals surface area (Å²) in [5.74, 6) is 1.58. The van der Waals surface area contributed by atoms with Crippen LogP contribution in [0.4, 0.5) is 5.69 Å². The number of rotatable bonds is 8. The average Bonchev–Trinajstić information content (AvgIpc) is 3.39. The highest BCUT2D eigenvalue weighted by Gasteiger charge is 2.42. The van der Waals surface area contributed by atoms with Gasteiger partial charge in [0.1, 0.15) is 11.5 Å². The minimum atomic E-state index is -0.0877. The first-order valence-corrected chi connectivity index (χ1v) is 12.5. The molecule has 6 nitrogen and oxygen atoms in total. The van der Waals surface area contributed by atoms with Crippen molar-refractivity contribution in [2.75, 3.05) is 18.6 Å². The molecule has 0 bridgehead atoms. The summed E-state index contributed by atoms with van der Waals surface area (Å²) < 4.78 is 13.7. The number of methoxy groups -OCH3 is 1. The lowest BCUT2D eigenvalue weighted by Gasteiger charge is -2.28. The molecular formula is C29H30N4O2S. The molecule has 1 saturated heterocycles. The summed E-state index contributed by atoms with van der Waals surface area (Å²) in [6.45, 7) is 5.78. The second-order valence-corrected chi connectivity index (χ2v) is 9.26. The van der Waals surface area contributed by atoms with Gasteiger partial charge >= 0.3 is 0 Å². The van der Waals surface area contributed by atoms with Crippen LogP contribution >= 0.6 is 12.2 Å². The molecule has 3 heterocycles. The Bertz CT molecular complexity index is 1320. The van der Waals surface area contributed by atoms with Crippen molar-refractivity contribution in [2.24, 2.45) is 0 Å². The molecule has 1 fully saturated rings. The summed E-state index contributed by atoms with van der Waals surface area (Å²) in [5, 5.41) is 4.23. The number of para-hydroxylation sites is 1. The second-order valence-electron chi connectivity index (χ2n) is 8.88. The highest BCUT2D eigenvalue weighted by Crippen LogP contribution is 2.43. The van der Waals surface area contributed by atoms with E-state index < -0.39 is 0 Å². The normalized spacial score (nSPS) is 17.3. The summed E-state index contributed by atoms with van der Waals surface area (Å²) in [6.07, 6.45) is 1.83. The van der Waals surface area contributed by atoms with Gasteiger partial charge in [-0.05, 0) is 86.2 Å². The highest BCUT2D eigenvalue weighted by molar-refractivity contribution is 7.80. The third-order valence-corrected chi connectivity index (χ3v) is 6.96. The summed E-state index contributed by atoms with van der Waals surface area (Å²) in [5.41, 5.74) is 5.58. The zero-order valence-corrected chi connectivity index (χ0v) is 21.5. The first kappa shape index (κ1) is 24.0. The Morgan fingerprint density at radius 3 is 2.36 bits per heavy atom. The summed E-state index contributed by atoms with van der Waals surface area (Å²) in [4.78, 5) is 6.87. The van der Waals surface area contributed by atoms with Gasteiger partial charge in [-0.3, -0.25) is 4.98 Å². The van der Waals surface area contributed by atoms with E-state index in [9.17, 15) is 0 Å². The van der Waals surface area contributed by atoms with E-state index in [4.69, 9.17) is 21.7 Å². The van der Waals surface area contributed by atoms with Crippen LogP contribution in [-0.2, 0) is 11.3 Å². The number of hydrogen-bond donors (Lipinski definition) is 1. The molecule has 2 aromatic carbocycles. The fraction of sp³-hybridized carbons (Fsp3) is 0.241. The molecule has 0 amide bonds. The van der Waals surface area contributed by atoms with Gasteiger partial charge in [0.25, 0.3) is 0 Å². The van der Waals surface area contributed by atoms with Gasteiger partial charge in [0.05, 0.1) is 24.4 Å². The average molecular weight is 499 g/mol. The molecule has 0 unspecified atom stereocenters. The zero-order valence-electron chi connectivity index (χ0n) is 20.7. The molecule has 4 aromatic rings. The van der Waals surface area contributed by atoms with Crippen LogP contribution in [0.5, 0.6) is 11.5 Å². The number of hydrogen-bond acceptors (Lipinski definition) is 4. The maximum Gasteiger partial charge on any atom is 0.174 e. The molecule has 0 spiro atoms. The van der Waals surface area contributed by atoms with Crippen LogP contribution in [0.25, 0.3) is 0 Å². The van der Waals surface area contributed by atoms with E-state index in [1.54, 1.807) is 7.11 Å². The van der Waals surface area contributed by atoms with Crippen molar-refractivity contribution in [3.05, 3.63) is 108 Å². The van der Waals surface area contributed by atoms with Gasteiger partial charge in [-0.2, -0.15) is 0 Å². The summed E-state index contributed by atoms with van der Waals surface area (Å²) in [6, 6.07) is 26.0. The second kappa shape index (κ2) is 10.5. The molecule has 184 valence electrons. The predicted molar refractivity (Wildman–Crippen MR) is 147 cm³/mol. The van der Waals surface area contributed by atoms with Crippen LogP contribution in [0, 0.1) is 13.8 Å². The van der Waals surface area contributed by atoms with Crippen molar-refractivity contribution in [3.8, 4) is 11.5 Å². The van der Waals surface area contributed by atoms with Gasteiger partial charge in [0, 0.05) is 36.9 Å². The van der Waals surface area contributed by atoms with E-state index in [1.165, 1.54) is 17.0 Å². The first-order valence-electron chi connectivity index (χ1n) is 12.1. The third-order valence-electron chi connectivity index (χ3n) is 6.64. The molecule has 2 aromatic heterocycles. The zero-order chi connectivity index (χ0) is 25.1. The molecule has 1 N–H and O–H groups in total. The smallest absolute Gasteiger partial charge is 0.174 e. The SMILES string of the molecule is COCCn1c(C)cc([C@H]2[C@@H](c3ccccn3)NC(=S)N2c2ccc(Oc3ccccc3)cc2)c1C. The molecule has 1 aliphatic rings. The van der Waals surface area contributed by atoms with Crippen molar-refractivity contribution in [2.45, 2.75) is 32.5 Å². The monoisotopic (exact) mass is 498 g/mol. The number of anilines is 1. The van der Waals surface area contributed by atoms with Gasteiger partial charge in [-0.1, -0.05) is 24.3 Å². The van der Waals surface area contributed by atoms with E-state index >= 15 is 0 Å². The Kier molecular flexibility index (Phi) is 7.02. The van der Waals surface area contributed by atoms with Crippen molar-refractivity contribution < 1.29 is 9.47 Å². The van der Waals surface area contributed by atoms with Crippen molar-refractivity contribution in [3.63, 3.8) is 0 Å². The number of aryl methyl sites for hydroxylation is 1. The summed E-state index contributed by atoms with van der Waals surface area (Å²) >= 11 is 5.90. The van der Waals surface area contributed by atoms with E-state index in [0.717, 1.165) is 29.4 Å². The Morgan fingerprint density at radius 2 is 1.67 bits per heavy atom. The maximum atomic E-state index is 6.01. The van der Waals surface area contributed by atoms with E-state index in [-0.39, 0.29) is 12.1 Å². The number of pyridine rings is 1.